The van der Waals surface area contributed by atoms with Gasteiger partial charge in [-0.05, 0) is 57.0 Å². The molecule has 0 spiro atoms. The van der Waals surface area contributed by atoms with Gasteiger partial charge in [-0.2, -0.15) is 0 Å². The summed E-state index contributed by atoms with van der Waals surface area (Å²) in [4.78, 5) is 26.7. The Morgan fingerprint density at radius 3 is 2.68 bits per heavy atom. The molecular weight excluding hydrogens is 342 g/mol. The van der Waals surface area contributed by atoms with Crippen LogP contribution >= 0.6 is 12.4 Å². The lowest BCUT2D eigenvalue weighted by Crippen LogP contribution is -2.43. The van der Waals surface area contributed by atoms with Gasteiger partial charge in [0.2, 0.25) is 0 Å². The molecule has 2 fully saturated rings. The van der Waals surface area contributed by atoms with Crippen molar-refractivity contribution >= 4 is 29.9 Å². The molecule has 2 N–H and O–H groups in total. The second-order valence-electron chi connectivity index (χ2n) is 6.47. The van der Waals surface area contributed by atoms with Crippen LogP contribution in [0.25, 0.3) is 0 Å². The van der Waals surface area contributed by atoms with E-state index >= 15 is 0 Å². The molecular formula is C18H26ClN3O3. The highest BCUT2D eigenvalue weighted by Gasteiger charge is 2.25. The summed E-state index contributed by atoms with van der Waals surface area (Å²) in [5, 5.41) is 6.16. The van der Waals surface area contributed by atoms with Crippen molar-refractivity contribution in [3.05, 3.63) is 29.8 Å². The molecule has 2 aliphatic heterocycles. The zero-order valence-electron chi connectivity index (χ0n) is 14.5. The zero-order valence-corrected chi connectivity index (χ0v) is 15.3. The molecule has 1 atom stereocenters. The lowest BCUT2D eigenvalue weighted by Gasteiger charge is -2.31. The summed E-state index contributed by atoms with van der Waals surface area (Å²) in [6.45, 7) is 2.52. The number of carbonyl (C=O) groups excluding carboxylic acids is 2. The third-order valence-electron chi connectivity index (χ3n) is 4.78. The van der Waals surface area contributed by atoms with Gasteiger partial charge in [0.15, 0.2) is 0 Å². The van der Waals surface area contributed by atoms with Crippen molar-refractivity contribution in [2.24, 2.45) is 0 Å². The molecule has 1 aromatic rings. The molecule has 0 aliphatic carbocycles. The number of hydrogen-bond acceptors (Lipinski definition) is 4. The smallest absolute Gasteiger partial charge is 0.253 e. The number of halogens is 1. The van der Waals surface area contributed by atoms with Gasteiger partial charge in [-0.25, -0.2) is 0 Å². The molecule has 2 aliphatic rings. The molecule has 1 unspecified atom stereocenters. The fourth-order valence-corrected chi connectivity index (χ4v) is 3.30. The van der Waals surface area contributed by atoms with Crippen LogP contribution in [0.15, 0.2) is 24.3 Å². The number of rotatable bonds is 4. The van der Waals surface area contributed by atoms with Crippen LogP contribution in [0.5, 0.6) is 0 Å². The fourth-order valence-electron chi connectivity index (χ4n) is 3.30. The highest BCUT2D eigenvalue weighted by atomic mass is 35.5. The van der Waals surface area contributed by atoms with E-state index in [2.05, 4.69) is 10.6 Å². The Labute approximate surface area is 154 Å². The largest absolute Gasteiger partial charge is 0.368 e. The molecule has 0 saturated carbocycles. The Hall–Kier alpha value is -1.63. The first-order chi connectivity index (χ1) is 11.6. The third kappa shape index (κ3) is 4.93. The van der Waals surface area contributed by atoms with Crippen molar-refractivity contribution in [1.29, 1.82) is 0 Å². The summed E-state index contributed by atoms with van der Waals surface area (Å²) >= 11 is 0. The quantitative estimate of drug-likeness (QED) is 0.854. The molecule has 2 saturated heterocycles. The van der Waals surface area contributed by atoms with E-state index in [0.29, 0.717) is 17.9 Å². The topological polar surface area (TPSA) is 70.7 Å². The molecule has 2 heterocycles. The number of amides is 2. The Kier molecular flexibility index (Phi) is 7.23. The second kappa shape index (κ2) is 9.17. The summed E-state index contributed by atoms with van der Waals surface area (Å²) in [5.74, 6) is -0.140. The number of nitrogens with one attached hydrogen (secondary N) is 2. The van der Waals surface area contributed by atoms with E-state index in [1.54, 1.807) is 24.3 Å². The highest BCUT2D eigenvalue weighted by Crippen LogP contribution is 2.18. The molecule has 1 aromatic carbocycles. The SMILES string of the molecule is CN(C(=O)c1cccc(NC(=O)C2CCCO2)c1)C1CCNCC1.Cl. The number of benzene rings is 1. The van der Waals surface area contributed by atoms with Crippen LogP contribution in [0, 0.1) is 0 Å². The maximum absolute atomic E-state index is 12.7. The van der Waals surface area contributed by atoms with Gasteiger partial charge in [0.05, 0.1) is 0 Å². The zero-order chi connectivity index (χ0) is 16.9. The molecule has 138 valence electrons. The number of anilines is 1. The van der Waals surface area contributed by atoms with Gasteiger partial charge >= 0.3 is 0 Å². The maximum atomic E-state index is 12.7. The Balaban J connectivity index is 0.00000225. The predicted octanol–water partition coefficient (Wildman–Crippen LogP) is 2.05. The molecule has 0 aromatic heterocycles. The highest BCUT2D eigenvalue weighted by molar-refractivity contribution is 5.98. The normalized spacial score (nSPS) is 20.6. The van der Waals surface area contributed by atoms with Crippen molar-refractivity contribution in [1.82, 2.24) is 10.2 Å². The lowest BCUT2D eigenvalue weighted by atomic mass is 10.0. The van der Waals surface area contributed by atoms with Crippen LogP contribution in [-0.4, -0.2) is 55.6 Å². The second-order valence-corrected chi connectivity index (χ2v) is 6.47. The predicted molar refractivity (Wildman–Crippen MR) is 99.3 cm³/mol. The van der Waals surface area contributed by atoms with E-state index < -0.39 is 0 Å². The molecule has 0 radical (unpaired) electrons. The number of nitrogens with zero attached hydrogens (tertiary/aromatic N) is 1. The Bertz CT molecular complexity index is 599. The summed E-state index contributed by atoms with van der Waals surface area (Å²) in [5.41, 5.74) is 1.24. The fraction of sp³-hybridized carbons (Fsp3) is 0.556. The van der Waals surface area contributed by atoms with Gasteiger partial charge in [-0.3, -0.25) is 9.59 Å². The van der Waals surface area contributed by atoms with Crippen LogP contribution in [0.1, 0.15) is 36.0 Å². The summed E-state index contributed by atoms with van der Waals surface area (Å²) in [6, 6.07) is 7.40. The molecule has 3 rings (SSSR count). The summed E-state index contributed by atoms with van der Waals surface area (Å²) in [6.07, 6.45) is 3.23. The minimum absolute atomic E-state index is 0. The molecule has 0 bridgehead atoms. The van der Waals surface area contributed by atoms with Gasteiger partial charge in [-0.15, -0.1) is 12.4 Å². The van der Waals surface area contributed by atoms with Crippen molar-refractivity contribution in [3.8, 4) is 0 Å². The van der Waals surface area contributed by atoms with E-state index in [1.165, 1.54) is 0 Å². The summed E-state index contributed by atoms with van der Waals surface area (Å²) in [7, 11) is 1.86. The Morgan fingerprint density at radius 2 is 2.00 bits per heavy atom. The third-order valence-corrected chi connectivity index (χ3v) is 4.78. The van der Waals surface area contributed by atoms with Crippen LogP contribution in [-0.2, 0) is 9.53 Å². The monoisotopic (exact) mass is 367 g/mol. The van der Waals surface area contributed by atoms with E-state index in [-0.39, 0.29) is 36.4 Å². The first-order valence-corrected chi connectivity index (χ1v) is 8.65. The minimum atomic E-state index is -0.373. The van der Waals surface area contributed by atoms with Crippen molar-refractivity contribution in [2.75, 3.05) is 32.1 Å². The molecule has 25 heavy (non-hydrogen) atoms. The van der Waals surface area contributed by atoms with Gasteiger partial charge < -0.3 is 20.3 Å². The van der Waals surface area contributed by atoms with Crippen molar-refractivity contribution < 1.29 is 14.3 Å². The number of ether oxygens (including phenoxy) is 1. The summed E-state index contributed by atoms with van der Waals surface area (Å²) < 4.78 is 5.39. The molecule has 6 nitrogen and oxygen atoms in total. The van der Waals surface area contributed by atoms with E-state index in [0.717, 1.165) is 38.8 Å². The van der Waals surface area contributed by atoms with E-state index in [9.17, 15) is 9.59 Å². The van der Waals surface area contributed by atoms with Crippen LogP contribution in [0.2, 0.25) is 0 Å². The molecule has 7 heteroatoms. The van der Waals surface area contributed by atoms with E-state index in [1.807, 2.05) is 11.9 Å². The standard InChI is InChI=1S/C18H25N3O3.ClH/c1-21(15-7-9-19-10-8-15)18(23)13-4-2-5-14(12-13)20-17(22)16-6-3-11-24-16;/h2,4-5,12,15-16,19H,3,6-11H2,1H3,(H,20,22);1H. The van der Waals surface area contributed by atoms with Crippen LogP contribution in [0.4, 0.5) is 5.69 Å². The first kappa shape index (κ1) is 19.7. The number of carbonyl (C=O) groups is 2. The van der Waals surface area contributed by atoms with Gasteiger partial charge in [0.25, 0.3) is 11.8 Å². The first-order valence-electron chi connectivity index (χ1n) is 8.65. The van der Waals surface area contributed by atoms with Gasteiger partial charge in [0.1, 0.15) is 6.10 Å². The maximum Gasteiger partial charge on any atom is 0.253 e. The van der Waals surface area contributed by atoms with Crippen LogP contribution < -0.4 is 10.6 Å². The molecule has 2 amide bonds. The average molecular weight is 368 g/mol. The van der Waals surface area contributed by atoms with Crippen molar-refractivity contribution in [2.45, 2.75) is 37.8 Å². The van der Waals surface area contributed by atoms with Crippen LogP contribution in [0.3, 0.4) is 0 Å². The Morgan fingerprint density at radius 1 is 1.24 bits per heavy atom. The van der Waals surface area contributed by atoms with Gasteiger partial charge in [0, 0.05) is 30.9 Å². The number of hydrogen-bond donors (Lipinski definition) is 2. The average Bonchev–Trinajstić information content (AvgIpc) is 3.16. The number of piperidine rings is 1. The van der Waals surface area contributed by atoms with E-state index in [4.69, 9.17) is 4.74 Å². The van der Waals surface area contributed by atoms with Gasteiger partial charge in [-0.1, -0.05) is 6.07 Å². The lowest BCUT2D eigenvalue weighted by molar-refractivity contribution is -0.124. The van der Waals surface area contributed by atoms with Crippen molar-refractivity contribution in [3.63, 3.8) is 0 Å². The minimum Gasteiger partial charge on any atom is -0.368 e.